The molecule has 0 unspecified atom stereocenters. The van der Waals surface area contributed by atoms with E-state index in [4.69, 9.17) is 32.7 Å². The van der Waals surface area contributed by atoms with Crippen molar-refractivity contribution >= 4 is 46.4 Å². The molecule has 1 saturated heterocycles. The van der Waals surface area contributed by atoms with Crippen molar-refractivity contribution in [3.8, 4) is 11.5 Å². The number of nitrogens with one attached hydrogen (secondary N) is 1. The first kappa shape index (κ1) is 22.4. The third-order valence-corrected chi connectivity index (χ3v) is 6.39. The van der Waals surface area contributed by atoms with Gasteiger partial charge in [-0.05, 0) is 60.7 Å². The van der Waals surface area contributed by atoms with Crippen LogP contribution in [0.15, 0.2) is 60.7 Å². The van der Waals surface area contributed by atoms with E-state index in [0.717, 1.165) is 5.69 Å². The van der Waals surface area contributed by atoms with Crippen LogP contribution >= 0.6 is 23.2 Å². The maximum Gasteiger partial charge on any atom is 0.255 e. The topological polar surface area (TPSA) is 71.1 Å². The summed E-state index contributed by atoms with van der Waals surface area (Å²) in [7, 11) is 0. The van der Waals surface area contributed by atoms with Gasteiger partial charge in [-0.3, -0.25) is 9.59 Å². The number of piperazine rings is 1. The van der Waals surface area contributed by atoms with Crippen LogP contribution in [0, 0.1) is 0 Å². The van der Waals surface area contributed by atoms with E-state index in [0.29, 0.717) is 64.5 Å². The molecule has 1 fully saturated rings. The van der Waals surface area contributed by atoms with Crippen LogP contribution in [-0.4, -0.2) is 49.7 Å². The Morgan fingerprint density at radius 3 is 2.24 bits per heavy atom. The molecule has 0 radical (unpaired) electrons. The highest BCUT2D eigenvalue weighted by Gasteiger charge is 2.24. The Morgan fingerprint density at radius 2 is 1.50 bits per heavy atom. The molecule has 0 atom stereocenters. The lowest BCUT2D eigenvalue weighted by molar-refractivity contribution is 0.0746. The lowest BCUT2D eigenvalue weighted by Gasteiger charge is -2.36. The number of anilines is 2. The standard InChI is InChI=1S/C25H21Cl2N3O4/c26-18-4-1-16(2-5-18)25(32)30-11-9-29(10-12-30)21-7-6-19(14-20(21)27)28-24(31)17-3-8-22-23(13-17)34-15-33-22/h1-8,13-14H,9-12,15H2,(H,28,31). The summed E-state index contributed by atoms with van der Waals surface area (Å²) in [6.45, 7) is 2.63. The number of carbonyl (C=O) groups is 2. The molecule has 0 spiro atoms. The number of hydrogen-bond donors (Lipinski definition) is 1. The summed E-state index contributed by atoms with van der Waals surface area (Å²) >= 11 is 12.5. The highest BCUT2D eigenvalue weighted by atomic mass is 35.5. The number of hydrogen-bond acceptors (Lipinski definition) is 5. The molecule has 0 saturated carbocycles. The summed E-state index contributed by atoms with van der Waals surface area (Å²) in [5, 5.41) is 4.00. The maximum atomic E-state index is 12.7. The van der Waals surface area contributed by atoms with Gasteiger partial charge in [0.25, 0.3) is 11.8 Å². The molecule has 34 heavy (non-hydrogen) atoms. The van der Waals surface area contributed by atoms with Crippen LogP contribution in [0.3, 0.4) is 0 Å². The van der Waals surface area contributed by atoms with Crippen molar-refractivity contribution in [2.75, 3.05) is 43.2 Å². The van der Waals surface area contributed by atoms with Crippen LogP contribution in [0.4, 0.5) is 11.4 Å². The molecule has 0 bridgehead atoms. The molecule has 2 heterocycles. The van der Waals surface area contributed by atoms with Crippen molar-refractivity contribution in [3.63, 3.8) is 0 Å². The SMILES string of the molecule is O=C(Nc1ccc(N2CCN(C(=O)c3ccc(Cl)cc3)CC2)c(Cl)c1)c1ccc2c(c1)OCO2. The molecule has 2 amide bonds. The molecule has 5 rings (SSSR count). The van der Waals surface area contributed by atoms with E-state index in [1.807, 2.05) is 17.0 Å². The minimum atomic E-state index is -0.267. The average Bonchev–Trinajstić information content (AvgIpc) is 3.32. The molecule has 3 aromatic rings. The Morgan fingerprint density at radius 1 is 0.794 bits per heavy atom. The van der Waals surface area contributed by atoms with Gasteiger partial charge >= 0.3 is 0 Å². The van der Waals surface area contributed by atoms with Gasteiger partial charge in [0.2, 0.25) is 6.79 Å². The fourth-order valence-corrected chi connectivity index (χ4v) is 4.43. The van der Waals surface area contributed by atoms with Crippen molar-refractivity contribution in [2.45, 2.75) is 0 Å². The fourth-order valence-electron chi connectivity index (χ4n) is 4.01. The van der Waals surface area contributed by atoms with Crippen molar-refractivity contribution in [1.82, 2.24) is 4.90 Å². The number of benzene rings is 3. The molecule has 0 aromatic heterocycles. The predicted molar refractivity (Wildman–Crippen MR) is 132 cm³/mol. The first-order valence-electron chi connectivity index (χ1n) is 10.8. The summed E-state index contributed by atoms with van der Waals surface area (Å²) in [6.07, 6.45) is 0. The highest BCUT2D eigenvalue weighted by Crippen LogP contribution is 2.33. The maximum absolute atomic E-state index is 12.7. The Balaban J connectivity index is 1.21. The van der Waals surface area contributed by atoms with Gasteiger partial charge in [0.05, 0.1) is 10.7 Å². The van der Waals surface area contributed by atoms with Gasteiger partial charge in [0.15, 0.2) is 11.5 Å². The number of amides is 2. The second kappa shape index (κ2) is 9.44. The van der Waals surface area contributed by atoms with Crippen LogP contribution in [0.5, 0.6) is 11.5 Å². The summed E-state index contributed by atoms with van der Waals surface area (Å²) in [6, 6.07) is 17.4. The third-order valence-electron chi connectivity index (χ3n) is 5.84. The largest absolute Gasteiger partial charge is 0.454 e. The minimum Gasteiger partial charge on any atom is -0.454 e. The third kappa shape index (κ3) is 4.62. The second-order valence-corrected chi connectivity index (χ2v) is 8.82. The highest BCUT2D eigenvalue weighted by molar-refractivity contribution is 6.33. The predicted octanol–water partition coefficient (Wildman–Crippen LogP) is 4.94. The van der Waals surface area contributed by atoms with Crippen LogP contribution < -0.4 is 19.7 Å². The van der Waals surface area contributed by atoms with Gasteiger partial charge < -0.3 is 24.6 Å². The van der Waals surface area contributed by atoms with E-state index in [-0.39, 0.29) is 18.6 Å². The zero-order chi connectivity index (χ0) is 23.7. The molecule has 0 aliphatic carbocycles. The molecule has 3 aromatic carbocycles. The van der Waals surface area contributed by atoms with E-state index >= 15 is 0 Å². The average molecular weight is 498 g/mol. The Hall–Kier alpha value is -3.42. The second-order valence-electron chi connectivity index (χ2n) is 7.97. The van der Waals surface area contributed by atoms with Crippen LogP contribution in [0.25, 0.3) is 0 Å². The Bertz CT molecular complexity index is 1240. The van der Waals surface area contributed by atoms with Crippen molar-refractivity contribution in [1.29, 1.82) is 0 Å². The van der Waals surface area contributed by atoms with Crippen molar-refractivity contribution in [3.05, 3.63) is 81.8 Å². The van der Waals surface area contributed by atoms with E-state index in [1.165, 1.54) is 0 Å². The Kier molecular flexibility index (Phi) is 6.22. The normalized spacial score (nSPS) is 14.8. The fraction of sp³-hybridized carbons (Fsp3) is 0.200. The molecule has 9 heteroatoms. The summed E-state index contributed by atoms with van der Waals surface area (Å²) in [5.74, 6) is 0.897. The molecule has 1 N–H and O–H groups in total. The lowest BCUT2D eigenvalue weighted by atomic mass is 10.1. The molecular weight excluding hydrogens is 477 g/mol. The number of halogens is 2. The van der Waals surface area contributed by atoms with Gasteiger partial charge in [0, 0.05) is 48.0 Å². The van der Waals surface area contributed by atoms with Crippen LogP contribution in [0.2, 0.25) is 10.0 Å². The quantitative estimate of drug-likeness (QED) is 0.552. The molecule has 7 nitrogen and oxygen atoms in total. The zero-order valence-corrected chi connectivity index (χ0v) is 19.6. The number of carbonyl (C=O) groups excluding carboxylic acids is 2. The number of ether oxygens (including phenoxy) is 2. The van der Waals surface area contributed by atoms with Gasteiger partial charge in [-0.25, -0.2) is 0 Å². The molecule has 2 aliphatic rings. The van der Waals surface area contributed by atoms with Crippen LogP contribution in [0.1, 0.15) is 20.7 Å². The first-order valence-corrected chi connectivity index (χ1v) is 11.5. The zero-order valence-electron chi connectivity index (χ0n) is 18.1. The van der Waals surface area contributed by atoms with E-state index in [9.17, 15) is 9.59 Å². The van der Waals surface area contributed by atoms with E-state index in [2.05, 4.69) is 10.2 Å². The van der Waals surface area contributed by atoms with Gasteiger partial charge in [0.1, 0.15) is 0 Å². The van der Waals surface area contributed by atoms with Gasteiger partial charge in [-0.1, -0.05) is 23.2 Å². The minimum absolute atomic E-state index is 0.0102. The number of fused-ring (bicyclic) bond motifs is 1. The monoisotopic (exact) mass is 497 g/mol. The first-order chi connectivity index (χ1) is 16.5. The smallest absolute Gasteiger partial charge is 0.255 e. The summed E-state index contributed by atoms with van der Waals surface area (Å²) in [4.78, 5) is 29.3. The lowest BCUT2D eigenvalue weighted by Crippen LogP contribution is -2.48. The summed E-state index contributed by atoms with van der Waals surface area (Å²) in [5.41, 5.74) is 2.54. The van der Waals surface area contributed by atoms with Crippen LogP contribution in [-0.2, 0) is 0 Å². The Labute approximate surface area is 206 Å². The van der Waals surface area contributed by atoms with E-state index in [1.54, 1.807) is 48.5 Å². The number of nitrogens with zero attached hydrogens (tertiary/aromatic N) is 2. The summed E-state index contributed by atoms with van der Waals surface area (Å²) < 4.78 is 10.6. The van der Waals surface area contributed by atoms with Crippen molar-refractivity contribution < 1.29 is 19.1 Å². The van der Waals surface area contributed by atoms with Gasteiger partial charge in [-0.2, -0.15) is 0 Å². The number of rotatable bonds is 4. The molecular formula is C25H21Cl2N3O4. The van der Waals surface area contributed by atoms with Gasteiger partial charge in [-0.15, -0.1) is 0 Å². The van der Waals surface area contributed by atoms with Crippen molar-refractivity contribution in [2.24, 2.45) is 0 Å². The molecule has 174 valence electrons. The van der Waals surface area contributed by atoms with E-state index < -0.39 is 0 Å². The molecule has 2 aliphatic heterocycles.